The Balaban J connectivity index is 1.77. The van der Waals surface area contributed by atoms with E-state index >= 15 is 0 Å². The fourth-order valence-corrected chi connectivity index (χ4v) is 6.30. The molecule has 2 atom stereocenters. The number of carbonyl (C=O) groups is 3. The van der Waals surface area contributed by atoms with Gasteiger partial charge in [-0.25, -0.2) is 0 Å². The van der Waals surface area contributed by atoms with Gasteiger partial charge in [0.05, 0.1) is 29.4 Å². The van der Waals surface area contributed by atoms with Crippen LogP contribution in [0.2, 0.25) is 5.02 Å². The van der Waals surface area contributed by atoms with Crippen LogP contribution in [0, 0.1) is 0 Å². The number of hydrogen-bond acceptors (Lipinski definition) is 10. The van der Waals surface area contributed by atoms with Gasteiger partial charge in [-0.3, -0.25) is 24.0 Å². The van der Waals surface area contributed by atoms with Crippen molar-refractivity contribution in [3.05, 3.63) is 77.0 Å². The molecule has 2 aromatic carbocycles. The Labute approximate surface area is 235 Å². The number of fused-ring (bicyclic) bond motifs is 6. The number of aromatic hydroxyl groups is 1. The number of carbonyl (C=O) groups excluding carboxylic acids is 3. The van der Waals surface area contributed by atoms with Gasteiger partial charge in [0.15, 0.2) is 22.9 Å². The smallest absolute Gasteiger partial charge is 0.262 e. The number of pyridine rings is 1. The fraction of sp³-hybridized carbons (Fsp3) is 0.276. The summed E-state index contributed by atoms with van der Waals surface area (Å²) in [4.78, 5) is 67.4. The van der Waals surface area contributed by atoms with Crippen molar-refractivity contribution in [2.24, 2.45) is 7.05 Å². The molecule has 0 spiro atoms. The first-order valence-corrected chi connectivity index (χ1v) is 13.1. The molecule has 0 radical (unpaired) electrons. The molecule has 2 heterocycles. The zero-order valence-electron chi connectivity index (χ0n) is 22.0. The summed E-state index contributed by atoms with van der Waals surface area (Å²) in [6.07, 6.45) is -2.85. The minimum Gasteiger partial charge on any atom is -0.506 e. The van der Waals surface area contributed by atoms with Crippen molar-refractivity contribution in [3.8, 4) is 11.5 Å². The predicted octanol–water partition coefficient (Wildman–Crippen LogP) is 2.72. The summed E-state index contributed by atoms with van der Waals surface area (Å²) in [6, 6.07) is 2.70. The molecule has 2 unspecified atom stereocenters. The number of halogens is 1. The van der Waals surface area contributed by atoms with Gasteiger partial charge in [0.2, 0.25) is 17.0 Å². The quantitative estimate of drug-likeness (QED) is 0.270. The van der Waals surface area contributed by atoms with Gasteiger partial charge in [-0.2, -0.15) is 0 Å². The van der Waals surface area contributed by atoms with Crippen molar-refractivity contribution in [1.29, 1.82) is 0 Å². The number of aliphatic hydroxyl groups is 2. The standard InChI is InChI=1S/C29H22ClNO10/c1-4-5-11-20(30)16-17(29(39)31(11)2)23(36)14-9(21(16)34)6-7-10-15(14)24(37)19-25(38)18-22(35)12(32)8-13(33)27(18)41-28(19)26(10)40-3/h6-7,12,22,32,35,37H,4-5,8H2,1-3H3. The van der Waals surface area contributed by atoms with Crippen LogP contribution in [0.1, 0.15) is 79.5 Å². The number of hydrogen-bond donors (Lipinski definition) is 3. The first-order chi connectivity index (χ1) is 19.5. The molecule has 0 saturated carbocycles. The molecule has 0 saturated heterocycles. The van der Waals surface area contributed by atoms with Crippen LogP contribution in [0.25, 0.3) is 21.7 Å². The molecule has 4 aromatic rings. The number of methoxy groups -OCH3 is 1. The van der Waals surface area contributed by atoms with Gasteiger partial charge in [0.25, 0.3) is 5.56 Å². The Morgan fingerprint density at radius 2 is 1.76 bits per heavy atom. The molecule has 0 aliphatic heterocycles. The summed E-state index contributed by atoms with van der Waals surface area (Å²) < 4.78 is 12.4. The lowest BCUT2D eigenvalue weighted by Gasteiger charge is -2.25. The number of ketones is 3. The zero-order chi connectivity index (χ0) is 29.7. The van der Waals surface area contributed by atoms with E-state index in [1.807, 2.05) is 6.92 Å². The normalized spacial score (nSPS) is 18.0. The second kappa shape index (κ2) is 9.10. The molecule has 0 bridgehead atoms. The lowest BCUT2D eigenvalue weighted by molar-refractivity contribution is 0.00533. The predicted molar refractivity (Wildman–Crippen MR) is 146 cm³/mol. The van der Waals surface area contributed by atoms with Gasteiger partial charge in [-0.1, -0.05) is 24.9 Å². The van der Waals surface area contributed by atoms with Crippen LogP contribution >= 0.6 is 11.6 Å². The summed E-state index contributed by atoms with van der Waals surface area (Å²) in [5.41, 5.74) is -3.47. The van der Waals surface area contributed by atoms with E-state index in [1.165, 1.54) is 30.9 Å². The highest BCUT2D eigenvalue weighted by Gasteiger charge is 2.41. The lowest BCUT2D eigenvalue weighted by atomic mass is 9.80. The molecule has 210 valence electrons. The third-order valence-electron chi connectivity index (χ3n) is 7.85. The van der Waals surface area contributed by atoms with Crippen molar-refractivity contribution in [2.75, 3.05) is 7.11 Å². The number of rotatable bonds is 3. The van der Waals surface area contributed by atoms with Gasteiger partial charge >= 0.3 is 0 Å². The highest BCUT2D eigenvalue weighted by molar-refractivity contribution is 6.41. The highest BCUT2D eigenvalue weighted by Crippen LogP contribution is 2.47. The average molecular weight is 580 g/mol. The molecule has 2 aromatic heterocycles. The first kappa shape index (κ1) is 26.9. The Kier molecular flexibility index (Phi) is 5.96. The first-order valence-electron chi connectivity index (χ1n) is 12.7. The van der Waals surface area contributed by atoms with Crippen LogP contribution in [0.15, 0.2) is 26.1 Å². The Hall–Kier alpha value is -4.32. The van der Waals surface area contributed by atoms with Crippen LogP contribution in [0.5, 0.6) is 11.5 Å². The maximum atomic E-state index is 14.0. The molecule has 2 aliphatic rings. The van der Waals surface area contributed by atoms with Crippen molar-refractivity contribution in [2.45, 2.75) is 38.4 Å². The topological polar surface area (TPSA) is 173 Å². The third kappa shape index (κ3) is 3.36. The van der Waals surface area contributed by atoms with Crippen LogP contribution in [-0.2, 0) is 13.5 Å². The van der Waals surface area contributed by atoms with E-state index in [-0.39, 0.29) is 43.8 Å². The van der Waals surface area contributed by atoms with Gasteiger partial charge in [0.1, 0.15) is 22.8 Å². The highest BCUT2D eigenvalue weighted by atomic mass is 35.5. The average Bonchev–Trinajstić information content (AvgIpc) is 2.94. The van der Waals surface area contributed by atoms with Gasteiger partial charge in [-0.15, -0.1) is 0 Å². The third-order valence-corrected chi connectivity index (χ3v) is 8.26. The van der Waals surface area contributed by atoms with E-state index in [0.29, 0.717) is 18.5 Å². The van der Waals surface area contributed by atoms with Gasteiger partial charge in [0, 0.05) is 41.1 Å². The van der Waals surface area contributed by atoms with Gasteiger partial charge in [-0.05, 0) is 18.6 Å². The number of aromatic nitrogens is 1. The molecule has 0 fully saturated rings. The van der Waals surface area contributed by atoms with Crippen molar-refractivity contribution < 1.29 is 38.9 Å². The van der Waals surface area contributed by atoms with Crippen molar-refractivity contribution in [1.82, 2.24) is 4.57 Å². The van der Waals surface area contributed by atoms with Gasteiger partial charge < -0.3 is 29.0 Å². The van der Waals surface area contributed by atoms with Crippen molar-refractivity contribution >= 4 is 50.7 Å². The minimum atomic E-state index is -1.79. The molecule has 6 rings (SSSR count). The summed E-state index contributed by atoms with van der Waals surface area (Å²) in [5.74, 6) is -3.77. The number of phenolic OH excluding ortho intramolecular Hbond substituents is 1. The van der Waals surface area contributed by atoms with E-state index < -0.39 is 75.0 Å². The number of phenols is 1. The number of aliphatic hydroxyl groups excluding tert-OH is 2. The number of ether oxygens (including phenoxy) is 1. The number of benzene rings is 2. The second-order valence-electron chi connectivity index (χ2n) is 10.1. The van der Waals surface area contributed by atoms with Crippen LogP contribution < -0.4 is 15.7 Å². The molecule has 2 aliphatic carbocycles. The summed E-state index contributed by atoms with van der Waals surface area (Å²) in [5, 5.41) is 31.4. The molecular formula is C29H22ClNO10. The molecule has 12 heteroatoms. The minimum absolute atomic E-state index is 0.0159. The zero-order valence-corrected chi connectivity index (χ0v) is 22.7. The Morgan fingerprint density at radius 3 is 2.41 bits per heavy atom. The number of nitrogens with zero attached hydrogens (tertiary/aromatic N) is 1. The molecular weight excluding hydrogens is 558 g/mol. The summed E-state index contributed by atoms with van der Waals surface area (Å²) in [7, 11) is 2.68. The summed E-state index contributed by atoms with van der Waals surface area (Å²) >= 11 is 6.58. The maximum absolute atomic E-state index is 14.0. The lowest BCUT2D eigenvalue weighted by Crippen LogP contribution is -2.35. The largest absolute Gasteiger partial charge is 0.506 e. The SMILES string of the molecule is CCCc1c(Cl)c2c(c(=O)n1C)C(=O)c1c(ccc3c(OC)c4oc5c(c(=O)c4c(O)c13)C(O)C(O)CC5=O)C2=O. The molecule has 0 amide bonds. The molecule has 41 heavy (non-hydrogen) atoms. The molecule has 11 nitrogen and oxygen atoms in total. The van der Waals surface area contributed by atoms with E-state index in [0.717, 1.165) is 0 Å². The van der Waals surface area contributed by atoms with Crippen molar-refractivity contribution in [3.63, 3.8) is 0 Å². The monoisotopic (exact) mass is 579 g/mol. The van der Waals surface area contributed by atoms with E-state index in [1.54, 1.807) is 0 Å². The van der Waals surface area contributed by atoms with Crippen LogP contribution in [0.4, 0.5) is 0 Å². The van der Waals surface area contributed by atoms with E-state index in [2.05, 4.69) is 0 Å². The molecule has 3 N–H and O–H groups in total. The maximum Gasteiger partial charge on any atom is 0.262 e. The summed E-state index contributed by atoms with van der Waals surface area (Å²) in [6.45, 7) is 1.87. The van der Waals surface area contributed by atoms with Crippen LogP contribution in [0.3, 0.4) is 0 Å². The Bertz CT molecular complexity index is 2040. The fourth-order valence-electron chi connectivity index (χ4n) is 5.90. The van der Waals surface area contributed by atoms with E-state index in [9.17, 15) is 39.3 Å². The number of Topliss-reactive ketones (excluding diaryl/α,β-unsaturated/α-hetero) is 1. The second-order valence-corrected chi connectivity index (χ2v) is 10.5. The van der Waals surface area contributed by atoms with E-state index in [4.69, 9.17) is 20.8 Å². The van der Waals surface area contributed by atoms with Crippen LogP contribution in [-0.4, -0.2) is 50.5 Å². The Morgan fingerprint density at radius 1 is 1.05 bits per heavy atom.